The molecule has 0 aliphatic heterocycles. The summed E-state index contributed by atoms with van der Waals surface area (Å²) in [6, 6.07) is 11.9. The molecule has 2 rings (SSSR count). The Morgan fingerprint density at radius 2 is 1.84 bits per heavy atom. The van der Waals surface area contributed by atoms with Gasteiger partial charge in [0.05, 0.1) is 16.4 Å². The zero-order chi connectivity index (χ0) is 18.4. The van der Waals surface area contributed by atoms with Crippen molar-refractivity contribution in [3.8, 4) is 5.75 Å². The van der Waals surface area contributed by atoms with Crippen molar-refractivity contribution in [3.05, 3.63) is 57.0 Å². The van der Waals surface area contributed by atoms with E-state index in [-0.39, 0.29) is 5.75 Å². The molecule has 8 heteroatoms. The first-order valence-electron chi connectivity index (χ1n) is 7.25. The van der Waals surface area contributed by atoms with Gasteiger partial charge in [-0.2, -0.15) is 5.10 Å². The van der Waals surface area contributed by atoms with Crippen LogP contribution in [0.4, 0.5) is 5.69 Å². The third-order valence-corrected chi connectivity index (χ3v) is 4.61. The summed E-state index contributed by atoms with van der Waals surface area (Å²) < 4.78 is 1.25. The van der Waals surface area contributed by atoms with E-state index in [2.05, 4.69) is 47.7 Å². The molecule has 0 radical (unpaired) electrons. The summed E-state index contributed by atoms with van der Waals surface area (Å²) in [4.78, 5) is 24.2. The topological polar surface area (TPSA) is 90.8 Å². The Kier molecular flexibility index (Phi) is 6.72. The number of hydrogen-bond donors (Lipinski definition) is 3. The predicted octanol–water partition coefficient (Wildman–Crippen LogP) is 3.64. The van der Waals surface area contributed by atoms with Crippen LogP contribution in [-0.2, 0) is 9.59 Å². The van der Waals surface area contributed by atoms with Crippen molar-refractivity contribution in [1.82, 2.24) is 5.43 Å². The van der Waals surface area contributed by atoms with Gasteiger partial charge < -0.3 is 10.4 Å². The van der Waals surface area contributed by atoms with Crippen molar-refractivity contribution in [2.24, 2.45) is 11.0 Å². The molecule has 3 N–H and O–H groups in total. The van der Waals surface area contributed by atoms with Gasteiger partial charge in [-0.05, 0) is 74.7 Å². The van der Waals surface area contributed by atoms with Crippen molar-refractivity contribution < 1.29 is 14.7 Å². The normalized spacial score (nSPS) is 12.0. The minimum absolute atomic E-state index is 0.110. The van der Waals surface area contributed by atoms with Crippen LogP contribution in [0.2, 0.25) is 0 Å². The second kappa shape index (κ2) is 8.77. The number of nitrogens with one attached hydrogen (secondary N) is 2. The molecule has 2 aromatic carbocycles. The lowest BCUT2D eigenvalue weighted by molar-refractivity contribution is -0.131. The van der Waals surface area contributed by atoms with Gasteiger partial charge >= 0.3 is 0 Å². The van der Waals surface area contributed by atoms with Crippen LogP contribution in [0, 0.1) is 5.92 Å². The average Bonchev–Trinajstić information content (AvgIpc) is 2.59. The molecular weight excluding hydrogens is 454 g/mol. The van der Waals surface area contributed by atoms with Crippen molar-refractivity contribution in [1.29, 1.82) is 0 Å². The van der Waals surface area contributed by atoms with Crippen LogP contribution < -0.4 is 10.7 Å². The van der Waals surface area contributed by atoms with Crippen molar-refractivity contribution in [3.63, 3.8) is 0 Å². The van der Waals surface area contributed by atoms with Crippen LogP contribution in [0.1, 0.15) is 12.5 Å². The monoisotopic (exact) mass is 467 g/mol. The Bertz CT molecular complexity index is 825. The van der Waals surface area contributed by atoms with Gasteiger partial charge in [0, 0.05) is 4.47 Å². The minimum atomic E-state index is -0.921. The second-order valence-corrected chi connectivity index (χ2v) is 6.84. The van der Waals surface area contributed by atoms with E-state index in [4.69, 9.17) is 0 Å². The molecule has 1 unspecified atom stereocenters. The van der Waals surface area contributed by atoms with E-state index in [1.54, 1.807) is 30.3 Å². The quantitative estimate of drug-likeness (QED) is 0.355. The SMILES string of the molecule is CC(C(=O)NN=Cc1ccc(O)c(Br)c1)C(=O)Nc1ccccc1Br. The number of rotatable bonds is 5. The van der Waals surface area contributed by atoms with E-state index in [0.717, 1.165) is 4.47 Å². The number of phenols is 1. The van der Waals surface area contributed by atoms with Crippen LogP contribution in [0.15, 0.2) is 56.5 Å². The summed E-state index contributed by atoms with van der Waals surface area (Å²) in [5, 5.41) is 15.9. The number of nitrogens with zero attached hydrogens (tertiary/aromatic N) is 1. The zero-order valence-electron chi connectivity index (χ0n) is 13.2. The number of hydrazone groups is 1. The maximum Gasteiger partial charge on any atom is 0.252 e. The molecule has 0 heterocycles. The van der Waals surface area contributed by atoms with E-state index >= 15 is 0 Å². The standard InChI is InChI=1S/C17H15Br2N3O3/c1-10(16(24)21-14-5-3-2-4-12(14)18)17(25)22-20-9-11-6-7-15(23)13(19)8-11/h2-10,23H,1H3,(H,21,24)(H,22,25). The molecule has 0 spiro atoms. The van der Waals surface area contributed by atoms with E-state index in [0.29, 0.717) is 15.7 Å². The molecule has 0 saturated carbocycles. The molecule has 0 aliphatic carbocycles. The first kappa shape index (κ1) is 19.1. The zero-order valence-corrected chi connectivity index (χ0v) is 16.3. The molecule has 2 amide bonds. The summed E-state index contributed by atoms with van der Waals surface area (Å²) in [6.45, 7) is 1.49. The molecule has 130 valence electrons. The van der Waals surface area contributed by atoms with Crippen LogP contribution in [0.25, 0.3) is 0 Å². The highest BCUT2D eigenvalue weighted by atomic mass is 79.9. The first-order valence-corrected chi connectivity index (χ1v) is 8.84. The number of hydrogen-bond acceptors (Lipinski definition) is 4. The molecule has 0 aliphatic rings. The summed E-state index contributed by atoms with van der Waals surface area (Å²) in [7, 11) is 0. The Hall–Kier alpha value is -2.19. The molecule has 1 atom stereocenters. The van der Waals surface area contributed by atoms with Crippen LogP contribution in [0.5, 0.6) is 5.75 Å². The van der Waals surface area contributed by atoms with Gasteiger partial charge in [-0.3, -0.25) is 9.59 Å². The number of benzene rings is 2. The number of para-hydroxylation sites is 1. The second-order valence-electron chi connectivity index (χ2n) is 5.14. The number of phenolic OH excluding ortho intramolecular Hbond substituents is 1. The Labute approximate surface area is 161 Å². The third-order valence-electron chi connectivity index (χ3n) is 3.28. The summed E-state index contributed by atoms with van der Waals surface area (Å²) in [6.07, 6.45) is 1.42. The fraction of sp³-hybridized carbons (Fsp3) is 0.118. The minimum Gasteiger partial charge on any atom is -0.507 e. The number of amides is 2. The number of carbonyl (C=O) groups excluding carboxylic acids is 2. The fourth-order valence-electron chi connectivity index (χ4n) is 1.79. The van der Waals surface area contributed by atoms with Gasteiger partial charge in [-0.15, -0.1) is 0 Å². The highest BCUT2D eigenvalue weighted by molar-refractivity contribution is 9.11. The molecule has 0 saturated heterocycles. The Morgan fingerprint density at radius 1 is 1.12 bits per heavy atom. The largest absolute Gasteiger partial charge is 0.507 e. The Morgan fingerprint density at radius 3 is 2.52 bits per heavy atom. The Balaban J connectivity index is 1.93. The van der Waals surface area contributed by atoms with Gasteiger partial charge in [0.15, 0.2) is 0 Å². The molecule has 0 bridgehead atoms. The summed E-state index contributed by atoms with van der Waals surface area (Å²) in [5.41, 5.74) is 3.59. The molecule has 0 fully saturated rings. The van der Waals surface area contributed by atoms with Crippen molar-refractivity contribution in [2.75, 3.05) is 5.32 Å². The van der Waals surface area contributed by atoms with Gasteiger partial charge in [-0.1, -0.05) is 12.1 Å². The predicted molar refractivity (Wildman–Crippen MR) is 103 cm³/mol. The molecular formula is C17H15Br2N3O3. The van der Waals surface area contributed by atoms with Crippen LogP contribution in [-0.4, -0.2) is 23.1 Å². The highest BCUT2D eigenvalue weighted by Crippen LogP contribution is 2.23. The number of aromatic hydroxyl groups is 1. The number of carbonyl (C=O) groups is 2. The van der Waals surface area contributed by atoms with E-state index in [1.807, 2.05) is 6.07 Å². The maximum absolute atomic E-state index is 12.1. The van der Waals surface area contributed by atoms with Crippen LogP contribution >= 0.6 is 31.9 Å². The van der Waals surface area contributed by atoms with E-state index < -0.39 is 17.7 Å². The van der Waals surface area contributed by atoms with E-state index in [9.17, 15) is 14.7 Å². The third kappa shape index (κ3) is 5.40. The summed E-state index contributed by atoms with van der Waals surface area (Å²) >= 11 is 6.52. The van der Waals surface area contributed by atoms with Crippen LogP contribution in [0.3, 0.4) is 0 Å². The van der Waals surface area contributed by atoms with Gasteiger partial charge in [0.2, 0.25) is 5.91 Å². The maximum atomic E-state index is 12.1. The number of halogens is 2. The average molecular weight is 469 g/mol. The molecule has 2 aromatic rings. The lowest BCUT2D eigenvalue weighted by Gasteiger charge is -2.11. The molecule has 0 aromatic heterocycles. The molecule has 6 nitrogen and oxygen atoms in total. The smallest absolute Gasteiger partial charge is 0.252 e. The van der Waals surface area contributed by atoms with E-state index in [1.165, 1.54) is 19.2 Å². The van der Waals surface area contributed by atoms with Crippen molar-refractivity contribution >= 4 is 55.6 Å². The fourth-order valence-corrected chi connectivity index (χ4v) is 2.57. The van der Waals surface area contributed by atoms with Gasteiger partial charge in [0.1, 0.15) is 11.7 Å². The summed E-state index contributed by atoms with van der Waals surface area (Å²) in [5.74, 6) is -1.78. The van der Waals surface area contributed by atoms with Gasteiger partial charge in [0.25, 0.3) is 5.91 Å². The van der Waals surface area contributed by atoms with Gasteiger partial charge in [-0.25, -0.2) is 5.43 Å². The lowest BCUT2D eigenvalue weighted by atomic mass is 10.1. The number of anilines is 1. The first-order chi connectivity index (χ1) is 11.9. The highest BCUT2D eigenvalue weighted by Gasteiger charge is 2.21. The molecule has 25 heavy (non-hydrogen) atoms. The lowest BCUT2D eigenvalue weighted by Crippen LogP contribution is -2.34. The van der Waals surface area contributed by atoms with Crippen molar-refractivity contribution in [2.45, 2.75) is 6.92 Å².